The van der Waals surface area contributed by atoms with E-state index in [9.17, 15) is 4.39 Å². The fraction of sp³-hybridized carbons (Fsp3) is 0.692. The highest BCUT2D eigenvalue weighted by molar-refractivity contribution is 5.41. The van der Waals surface area contributed by atoms with E-state index in [1.165, 1.54) is 25.7 Å². The maximum atomic E-state index is 14.9. The molecule has 1 N–H and O–H groups in total. The molecule has 2 rings (SSSR count). The zero-order valence-corrected chi connectivity index (χ0v) is 19.3. The summed E-state index contributed by atoms with van der Waals surface area (Å²) in [6.45, 7) is 11.3. The van der Waals surface area contributed by atoms with Crippen molar-refractivity contribution < 1.29 is 4.39 Å². The lowest BCUT2D eigenvalue weighted by atomic mass is 9.82. The Morgan fingerprint density at radius 3 is 2.32 bits per heavy atom. The fourth-order valence-electron chi connectivity index (χ4n) is 3.56. The summed E-state index contributed by atoms with van der Waals surface area (Å²) >= 11 is 0. The Balaban J connectivity index is 0.00000122. The smallest absolute Gasteiger partial charge is 0.142 e. The first-order chi connectivity index (χ1) is 13.3. The van der Waals surface area contributed by atoms with Crippen molar-refractivity contribution in [1.82, 2.24) is 5.32 Å². The quantitative estimate of drug-likeness (QED) is 0.481. The molecule has 0 amide bonds. The predicted molar refractivity (Wildman–Crippen MR) is 121 cm³/mol. The van der Waals surface area contributed by atoms with E-state index in [4.69, 9.17) is 0 Å². The number of benzene rings is 1. The summed E-state index contributed by atoms with van der Waals surface area (Å²) in [4.78, 5) is 0. The van der Waals surface area contributed by atoms with Crippen molar-refractivity contribution in [3.63, 3.8) is 0 Å². The minimum absolute atomic E-state index is 0.0943. The average Bonchev–Trinajstić information content (AvgIpc) is 3.37. The molecule has 2 unspecified atom stereocenters. The summed E-state index contributed by atoms with van der Waals surface area (Å²) < 4.78 is 14.9. The number of rotatable bonds is 8. The van der Waals surface area contributed by atoms with Gasteiger partial charge in [0.2, 0.25) is 0 Å². The molecule has 0 bridgehead atoms. The number of hydrogen-bond acceptors (Lipinski definition) is 1. The second-order valence-corrected chi connectivity index (χ2v) is 9.26. The molecule has 0 aromatic heterocycles. The minimum Gasteiger partial charge on any atom is -0.323 e. The second-order valence-electron chi connectivity index (χ2n) is 9.26. The first-order valence-electron chi connectivity index (χ1n) is 11.1. The van der Waals surface area contributed by atoms with Gasteiger partial charge in [0.25, 0.3) is 0 Å². The summed E-state index contributed by atoms with van der Waals surface area (Å²) in [7, 11) is 3.75. The average molecular weight is 388 g/mol. The molecule has 0 aliphatic heterocycles. The van der Waals surface area contributed by atoms with E-state index in [-0.39, 0.29) is 11.2 Å². The van der Waals surface area contributed by atoms with Gasteiger partial charge in [-0.25, -0.2) is 4.39 Å². The zero-order valence-electron chi connectivity index (χ0n) is 19.3. The van der Waals surface area contributed by atoms with Gasteiger partial charge in [0.15, 0.2) is 0 Å². The molecule has 1 saturated carbocycles. The topological polar surface area (TPSA) is 12.0 Å². The lowest BCUT2D eigenvalue weighted by molar-refractivity contribution is 0.305. The maximum absolute atomic E-state index is 14.9. The Labute approximate surface area is 173 Å². The summed E-state index contributed by atoms with van der Waals surface area (Å²) in [6, 6.07) is 5.73. The molecule has 0 saturated heterocycles. The Morgan fingerprint density at radius 2 is 1.79 bits per heavy atom. The largest absolute Gasteiger partial charge is 0.323 e. The Hall–Kier alpha value is -1.33. The third-order valence-electron chi connectivity index (χ3n) is 5.81. The van der Waals surface area contributed by atoms with Crippen molar-refractivity contribution >= 4 is 0 Å². The molecule has 1 aliphatic carbocycles. The molecule has 0 radical (unpaired) electrons. The first-order valence-corrected chi connectivity index (χ1v) is 11.1. The predicted octanol–water partition coefficient (Wildman–Crippen LogP) is 6.84. The molecule has 2 heteroatoms. The normalized spacial score (nSPS) is 16.5. The SMILES string of the molecule is CCC(CCCC(C)C)C(C)Cc1cccc(C#CC2(C)CC2)c1F.CNC. The highest BCUT2D eigenvalue weighted by Gasteiger charge is 2.35. The van der Waals surface area contributed by atoms with Crippen LogP contribution in [-0.2, 0) is 6.42 Å². The molecule has 1 nitrogen and oxygen atoms in total. The highest BCUT2D eigenvalue weighted by atomic mass is 19.1. The van der Waals surface area contributed by atoms with Crippen molar-refractivity contribution in [2.24, 2.45) is 23.2 Å². The van der Waals surface area contributed by atoms with Gasteiger partial charge in [0, 0.05) is 5.41 Å². The van der Waals surface area contributed by atoms with E-state index in [1.54, 1.807) is 0 Å². The Morgan fingerprint density at radius 1 is 1.14 bits per heavy atom. The Bertz CT molecular complexity index is 634. The summed E-state index contributed by atoms with van der Waals surface area (Å²) in [5, 5.41) is 2.75. The van der Waals surface area contributed by atoms with E-state index >= 15 is 0 Å². The van der Waals surface area contributed by atoms with E-state index in [0.717, 1.165) is 30.7 Å². The minimum atomic E-state index is -0.0943. The van der Waals surface area contributed by atoms with Crippen LogP contribution < -0.4 is 5.32 Å². The van der Waals surface area contributed by atoms with Crippen molar-refractivity contribution in [2.45, 2.75) is 79.6 Å². The number of halogens is 1. The van der Waals surface area contributed by atoms with Crippen LogP contribution in [0.1, 0.15) is 84.3 Å². The molecule has 1 aliphatic rings. The third-order valence-corrected chi connectivity index (χ3v) is 5.81. The van der Waals surface area contributed by atoms with Crippen LogP contribution in [0.25, 0.3) is 0 Å². The van der Waals surface area contributed by atoms with Crippen molar-refractivity contribution in [1.29, 1.82) is 0 Å². The molecule has 1 aromatic rings. The van der Waals surface area contributed by atoms with Crippen LogP contribution in [0, 0.1) is 40.8 Å². The zero-order chi connectivity index (χ0) is 21.2. The van der Waals surface area contributed by atoms with Crippen LogP contribution in [-0.4, -0.2) is 14.1 Å². The van der Waals surface area contributed by atoms with Crippen LogP contribution in [0.15, 0.2) is 18.2 Å². The number of hydrogen-bond donors (Lipinski definition) is 1. The van der Waals surface area contributed by atoms with Gasteiger partial charge in [0.1, 0.15) is 5.82 Å². The second kappa shape index (κ2) is 12.3. The van der Waals surface area contributed by atoms with Crippen LogP contribution >= 0.6 is 0 Å². The standard InChI is InChI=1S/C24H35F.C2H7N/c1-6-20(10-7-9-18(2)3)19(4)17-22-12-8-11-21(23(22)25)13-14-24(5)15-16-24;1-3-2/h8,11-12,18-20H,6-7,9-10,15-17H2,1-5H3;3H,1-2H3. The van der Waals surface area contributed by atoms with Gasteiger partial charge in [-0.2, -0.15) is 0 Å². The summed E-state index contributed by atoms with van der Waals surface area (Å²) in [6.07, 6.45) is 8.13. The van der Waals surface area contributed by atoms with Gasteiger partial charge in [-0.1, -0.05) is 77.4 Å². The summed E-state index contributed by atoms with van der Waals surface area (Å²) in [5.74, 6) is 8.21. The van der Waals surface area contributed by atoms with E-state index in [0.29, 0.717) is 17.4 Å². The van der Waals surface area contributed by atoms with Crippen LogP contribution in [0.5, 0.6) is 0 Å². The molecule has 1 aromatic carbocycles. The molecular formula is C26H42FN. The van der Waals surface area contributed by atoms with Crippen LogP contribution in [0.4, 0.5) is 4.39 Å². The lowest BCUT2D eigenvalue weighted by Crippen LogP contribution is -2.15. The van der Waals surface area contributed by atoms with E-state index in [1.807, 2.05) is 32.3 Å². The van der Waals surface area contributed by atoms with Crippen molar-refractivity contribution in [3.8, 4) is 11.8 Å². The van der Waals surface area contributed by atoms with E-state index in [2.05, 4.69) is 51.8 Å². The molecule has 158 valence electrons. The van der Waals surface area contributed by atoms with Gasteiger partial charge in [-0.15, -0.1) is 0 Å². The van der Waals surface area contributed by atoms with Crippen LogP contribution in [0.2, 0.25) is 0 Å². The molecule has 2 atom stereocenters. The lowest BCUT2D eigenvalue weighted by Gasteiger charge is -2.23. The monoisotopic (exact) mass is 387 g/mol. The molecule has 1 fully saturated rings. The molecule has 0 heterocycles. The fourth-order valence-corrected chi connectivity index (χ4v) is 3.56. The third kappa shape index (κ3) is 8.78. The Kier molecular flexibility index (Phi) is 10.8. The molecular weight excluding hydrogens is 345 g/mol. The van der Waals surface area contributed by atoms with Gasteiger partial charge in [-0.05, 0) is 69.7 Å². The van der Waals surface area contributed by atoms with E-state index < -0.39 is 0 Å². The molecule has 28 heavy (non-hydrogen) atoms. The molecule has 0 spiro atoms. The van der Waals surface area contributed by atoms with Gasteiger partial charge in [0.05, 0.1) is 5.56 Å². The van der Waals surface area contributed by atoms with Crippen molar-refractivity contribution in [3.05, 3.63) is 35.1 Å². The summed E-state index contributed by atoms with van der Waals surface area (Å²) in [5.41, 5.74) is 1.55. The van der Waals surface area contributed by atoms with Crippen LogP contribution in [0.3, 0.4) is 0 Å². The first kappa shape index (κ1) is 24.7. The van der Waals surface area contributed by atoms with Crippen molar-refractivity contribution in [2.75, 3.05) is 14.1 Å². The van der Waals surface area contributed by atoms with Gasteiger partial charge in [-0.3, -0.25) is 0 Å². The highest BCUT2D eigenvalue weighted by Crippen LogP contribution is 2.44. The van der Waals surface area contributed by atoms with Gasteiger partial charge < -0.3 is 5.32 Å². The maximum Gasteiger partial charge on any atom is 0.142 e. The van der Waals surface area contributed by atoms with Gasteiger partial charge >= 0.3 is 0 Å². The number of nitrogens with one attached hydrogen (secondary N) is 1.